The Morgan fingerprint density at radius 1 is 1.19 bits per heavy atom. The van der Waals surface area contributed by atoms with E-state index in [2.05, 4.69) is 15.3 Å². The van der Waals surface area contributed by atoms with E-state index >= 15 is 0 Å². The molecule has 1 fully saturated rings. The van der Waals surface area contributed by atoms with Crippen LogP contribution in [0.4, 0.5) is 10.6 Å². The second-order valence-corrected chi connectivity index (χ2v) is 6.19. The van der Waals surface area contributed by atoms with Gasteiger partial charge in [-0.2, -0.15) is 0 Å². The molecule has 26 heavy (non-hydrogen) atoms. The van der Waals surface area contributed by atoms with Gasteiger partial charge in [-0.05, 0) is 31.2 Å². The summed E-state index contributed by atoms with van der Waals surface area (Å²) in [5, 5.41) is 2.86. The van der Waals surface area contributed by atoms with Crippen LogP contribution in [-0.4, -0.2) is 46.7 Å². The lowest BCUT2D eigenvalue weighted by atomic mass is 10.1. The molecule has 1 aliphatic rings. The number of aromatic nitrogens is 2. The van der Waals surface area contributed by atoms with E-state index in [4.69, 9.17) is 21.1 Å². The van der Waals surface area contributed by atoms with Crippen LogP contribution in [0.25, 0.3) is 0 Å². The second-order valence-electron chi connectivity index (χ2n) is 5.83. The minimum atomic E-state index is -0.230. The van der Waals surface area contributed by atoms with Crippen molar-refractivity contribution in [2.75, 3.05) is 25.0 Å². The van der Waals surface area contributed by atoms with Crippen LogP contribution in [0.2, 0.25) is 5.15 Å². The van der Waals surface area contributed by atoms with Crippen molar-refractivity contribution < 1.29 is 14.3 Å². The van der Waals surface area contributed by atoms with Crippen molar-refractivity contribution >= 4 is 23.4 Å². The van der Waals surface area contributed by atoms with E-state index in [0.717, 1.165) is 24.3 Å². The van der Waals surface area contributed by atoms with Gasteiger partial charge < -0.3 is 14.4 Å². The van der Waals surface area contributed by atoms with Crippen LogP contribution < -0.4 is 14.8 Å². The van der Waals surface area contributed by atoms with Crippen LogP contribution >= 0.6 is 11.6 Å². The molecule has 0 aliphatic carbocycles. The van der Waals surface area contributed by atoms with E-state index in [9.17, 15) is 4.79 Å². The third-order valence-electron chi connectivity index (χ3n) is 4.05. The van der Waals surface area contributed by atoms with Crippen LogP contribution in [0.3, 0.4) is 0 Å². The molecule has 7 nitrogen and oxygen atoms in total. The van der Waals surface area contributed by atoms with Gasteiger partial charge in [-0.3, -0.25) is 5.32 Å². The molecule has 2 heterocycles. The maximum Gasteiger partial charge on any atom is 0.323 e. The number of nitrogens with one attached hydrogen (secondary N) is 1. The Morgan fingerprint density at radius 2 is 1.85 bits per heavy atom. The Hall–Kier alpha value is -2.54. The van der Waals surface area contributed by atoms with Crippen molar-refractivity contribution in [3.63, 3.8) is 0 Å². The standard InChI is InChI=1S/C18H21ClN4O3/c1-2-25-13-3-5-14(6-4-13)26-15-7-11-23(12-8-15)18(24)22-17-16(19)20-9-10-21-17/h3-6,9-10,15H,2,7-8,11-12H2,1H3,(H,21,22,24). The Morgan fingerprint density at radius 3 is 2.50 bits per heavy atom. The van der Waals surface area contributed by atoms with Crippen LogP contribution in [0.5, 0.6) is 11.5 Å². The molecule has 2 aromatic rings. The molecule has 138 valence electrons. The zero-order chi connectivity index (χ0) is 18.4. The van der Waals surface area contributed by atoms with E-state index in [1.54, 1.807) is 4.90 Å². The number of hydrogen-bond donors (Lipinski definition) is 1. The quantitative estimate of drug-likeness (QED) is 0.862. The highest BCUT2D eigenvalue weighted by Crippen LogP contribution is 2.23. The summed E-state index contributed by atoms with van der Waals surface area (Å²) in [5.74, 6) is 1.91. The fraction of sp³-hybridized carbons (Fsp3) is 0.389. The molecule has 0 radical (unpaired) electrons. The number of nitrogens with zero attached hydrogens (tertiary/aromatic N) is 3. The maximum atomic E-state index is 12.3. The number of benzene rings is 1. The summed E-state index contributed by atoms with van der Waals surface area (Å²) >= 11 is 5.92. The molecule has 3 rings (SSSR count). The van der Waals surface area contributed by atoms with Gasteiger partial charge in [0.2, 0.25) is 0 Å². The second kappa shape index (κ2) is 8.71. The number of ether oxygens (including phenoxy) is 2. The molecule has 1 saturated heterocycles. The summed E-state index contributed by atoms with van der Waals surface area (Å²) in [4.78, 5) is 22.0. The monoisotopic (exact) mass is 376 g/mol. The number of piperidine rings is 1. The smallest absolute Gasteiger partial charge is 0.323 e. The van der Waals surface area contributed by atoms with Crippen molar-refractivity contribution in [1.82, 2.24) is 14.9 Å². The fourth-order valence-corrected chi connectivity index (χ4v) is 2.89. The lowest BCUT2D eigenvalue weighted by molar-refractivity contribution is 0.115. The lowest BCUT2D eigenvalue weighted by Crippen LogP contribution is -2.43. The van der Waals surface area contributed by atoms with Crippen LogP contribution in [0.1, 0.15) is 19.8 Å². The van der Waals surface area contributed by atoms with E-state index in [-0.39, 0.29) is 23.1 Å². The number of rotatable bonds is 5. The Bertz CT molecular complexity index is 733. The van der Waals surface area contributed by atoms with Gasteiger partial charge in [0.1, 0.15) is 17.6 Å². The Balaban J connectivity index is 1.47. The van der Waals surface area contributed by atoms with Crippen molar-refractivity contribution in [3.8, 4) is 11.5 Å². The maximum absolute atomic E-state index is 12.3. The zero-order valence-corrected chi connectivity index (χ0v) is 15.3. The van der Waals surface area contributed by atoms with Crippen LogP contribution in [-0.2, 0) is 0 Å². The molecule has 0 atom stereocenters. The number of urea groups is 1. The number of hydrogen-bond acceptors (Lipinski definition) is 5. The largest absolute Gasteiger partial charge is 0.494 e. The Labute approximate surface area is 157 Å². The molecule has 0 unspecified atom stereocenters. The lowest BCUT2D eigenvalue weighted by Gasteiger charge is -2.32. The molecule has 1 aromatic carbocycles. The Kier molecular flexibility index (Phi) is 6.12. The number of carbonyl (C=O) groups is 1. The summed E-state index contributed by atoms with van der Waals surface area (Å²) in [6, 6.07) is 7.37. The minimum absolute atomic E-state index is 0.0806. The number of amides is 2. The predicted molar refractivity (Wildman–Crippen MR) is 98.9 cm³/mol. The van der Waals surface area contributed by atoms with Crippen LogP contribution in [0, 0.1) is 0 Å². The normalized spacial score (nSPS) is 14.8. The van der Waals surface area contributed by atoms with Gasteiger partial charge in [0.25, 0.3) is 0 Å². The number of halogens is 1. The topological polar surface area (TPSA) is 76.6 Å². The van der Waals surface area contributed by atoms with Crippen molar-refractivity contribution in [2.24, 2.45) is 0 Å². The molecule has 0 bridgehead atoms. The van der Waals surface area contributed by atoms with E-state index in [1.165, 1.54) is 12.4 Å². The van der Waals surface area contributed by atoms with Crippen LogP contribution in [0.15, 0.2) is 36.7 Å². The van der Waals surface area contributed by atoms with E-state index in [0.29, 0.717) is 19.7 Å². The summed E-state index contributed by atoms with van der Waals surface area (Å²) < 4.78 is 11.4. The summed E-state index contributed by atoms with van der Waals surface area (Å²) in [6.45, 7) is 3.80. The highest BCUT2D eigenvalue weighted by molar-refractivity contribution is 6.32. The first kappa shape index (κ1) is 18.3. The molecule has 8 heteroatoms. The average Bonchev–Trinajstić information content (AvgIpc) is 2.66. The molecule has 0 spiro atoms. The fourth-order valence-electron chi connectivity index (χ4n) is 2.74. The predicted octanol–water partition coefficient (Wildman–Crippen LogP) is 3.60. The van der Waals surface area contributed by atoms with Crippen molar-refractivity contribution in [3.05, 3.63) is 41.8 Å². The zero-order valence-electron chi connectivity index (χ0n) is 14.5. The molecule has 1 aliphatic heterocycles. The molecule has 1 N–H and O–H groups in total. The van der Waals surface area contributed by atoms with Gasteiger partial charge in [-0.1, -0.05) is 11.6 Å². The highest BCUT2D eigenvalue weighted by Gasteiger charge is 2.24. The highest BCUT2D eigenvalue weighted by atomic mass is 35.5. The summed E-state index contributed by atoms with van der Waals surface area (Å²) in [7, 11) is 0. The van der Waals surface area contributed by atoms with Crippen molar-refractivity contribution in [2.45, 2.75) is 25.9 Å². The van der Waals surface area contributed by atoms with Gasteiger partial charge >= 0.3 is 6.03 Å². The molecular weight excluding hydrogens is 356 g/mol. The number of anilines is 1. The number of likely N-dealkylation sites (tertiary alicyclic amines) is 1. The molecular formula is C18H21ClN4O3. The van der Waals surface area contributed by atoms with Gasteiger partial charge in [-0.15, -0.1) is 0 Å². The van der Waals surface area contributed by atoms with Gasteiger partial charge in [-0.25, -0.2) is 14.8 Å². The van der Waals surface area contributed by atoms with Gasteiger partial charge in [0.05, 0.1) is 6.61 Å². The van der Waals surface area contributed by atoms with Gasteiger partial charge in [0.15, 0.2) is 11.0 Å². The first-order chi connectivity index (χ1) is 12.7. The first-order valence-electron chi connectivity index (χ1n) is 8.57. The SMILES string of the molecule is CCOc1ccc(OC2CCN(C(=O)Nc3nccnc3Cl)CC2)cc1. The van der Waals surface area contributed by atoms with E-state index < -0.39 is 0 Å². The van der Waals surface area contributed by atoms with E-state index in [1.807, 2.05) is 31.2 Å². The third kappa shape index (κ3) is 4.76. The van der Waals surface area contributed by atoms with Gasteiger partial charge in [0, 0.05) is 38.3 Å². The first-order valence-corrected chi connectivity index (χ1v) is 8.95. The number of carbonyl (C=O) groups excluding carboxylic acids is 1. The molecule has 2 amide bonds. The van der Waals surface area contributed by atoms with Crippen molar-refractivity contribution in [1.29, 1.82) is 0 Å². The average molecular weight is 377 g/mol. The summed E-state index contributed by atoms with van der Waals surface area (Å²) in [5.41, 5.74) is 0. The molecule has 1 aromatic heterocycles. The minimum Gasteiger partial charge on any atom is -0.494 e. The molecule has 0 saturated carbocycles. The summed E-state index contributed by atoms with van der Waals surface area (Å²) in [6.07, 6.45) is 4.56. The third-order valence-corrected chi connectivity index (χ3v) is 4.32.